The number of fused-ring (bicyclic) bond motifs is 12. The van der Waals surface area contributed by atoms with E-state index in [2.05, 4.69) is 313 Å². The minimum absolute atomic E-state index is 0.109. The maximum absolute atomic E-state index is 2.47. The van der Waals surface area contributed by atoms with E-state index in [1.54, 1.807) is 0 Å². The number of nitrogens with zero attached hydrogens (tertiary/aromatic N) is 3. The minimum atomic E-state index is -0.109. The van der Waals surface area contributed by atoms with Gasteiger partial charge in [-0.2, -0.15) is 0 Å². The third kappa shape index (κ3) is 7.34. The van der Waals surface area contributed by atoms with Gasteiger partial charge in [0.1, 0.15) is 0 Å². The summed E-state index contributed by atoms with van der Waals surface area (Å²) in [6.07, 6.45) is 0. The molecular weight excluding hydrogens is 943 g/mol. The summed E-state index contributed by atoms with van der Waals surface area (Å²) < 4.78 is 2.47. The monoisotopic (exact) mass is 995 g/mol. The van der Waals surface area contributed by atoms with Gasteiger partial charge in [0.25, 0.3) is 0 Å². The smallest absolute Gasteiger partial charge is 0.0542 e. The van der Waals surface area contributed by atoms with E-state index < -0.39 is 0 Å². The molecule has 1 heterocycles. The highest BCUT2D eigenvalue weighted by Gasteiger charge is 2.36. The van der Waals surface area contributed by atoms with E-state index in [9.17, 15) is 0 Å². The summed E-state index contributed by atoms with van der Waals surface area (Å²) in [6.45, 7) is 4.71. The molecule has 0 amide bonds. The largest absolute Gasteiger partial charge is 0.310 e. The van der Waals surface area contributed by atoms with E-state index in [0.717, 1.165) is 62.0 Å². The molecule has 3 heteroatoms. The van der Waals surface area contributed by atoms with Crippen molar-refractivity contribution in [2.45, 2.75) is 19.3 Å². The standard InChI is InChI=1S/C75H53N3/c1-75(2)71-29-17-16-28-66(71)67-43-40-60(49-72(67)75)77(55-22-10-5-11-23-55)57-37-32-52(33-38-57)53-34-44-73-69(46-53)70-48-58(76(54-20-8-4-9-21-54)56-35-30-51(31-36-56)50-18-6-3-7-19-50)41-45-74(70)78(73)59-39-42-65-63-26-13-12-24-61(63)62-25-14-15-27-64(62)68(65)47-59/h3-49H,1-2H3. The molecule has 0 saturated heterocycles. The molecule has 1 aliphatic rings. The van der Waals surface area contributed by atoms with E-state index in [1.807, 2.05) is 0 Å². The van der Waals surface area contributed by atoms with Gasteiger partial charge in [-0.25, -0.2) is 0 Å². The zero-order chi connectivity index (χ0) is 51.9. The first kappa shape index (κ1) is 45.4. The molecule has 0 aliphatic heterocycles. The van der Waals surface area contributed by atoms with Crippen LogP contribution in [0.15, 0.2) is 285 Å². The zero-order valence-electron chi connectivity index (χ0n) is 43.5. The lowest BCUT2D eigenvalue weighted by atomic mass is 9.82. The molecule has 1 aromatic heterocycles. The molecule has 0 spiro atoms. The van der Waals surface area contributed by atoms with Crippen LogP contribution in [0.5, 0.6) is 0 Å². The summed E-state index contributed by atoms with van der Waals surface area (Å²) >= 11 is 0. The summed E-state index contributed by atoms with van der Waals surface area (Å²) in [5.41, 5.74) is 20.1. The van der Waals surface area contributed by atoms with Crippen molar-refractivity contribution in [3.05, 3.63) is 296 Å². The van der Waals surface area contributed by atoms with Gasteiger partial charge in [-0.15, -0.1) is 0 Å². The van der Waals surface area contributed by atoms with Crippen LogP contribution in [0.1, 0.15) is 25.0 Å². The Morgan fingerprint density at radius 2 is 0.667 bits per heavy atom. The van der Waals surface area contributed by atoms with Crippen LogP contribution >= 0.6 is 0 Å². The Morgan fingerprint density at radius 1 is 0.256 bits per heavy atom. The molecule has 0 radical (unpaired) electrons. The first-order valence-electron chi connectivity index (χ1n) is 27.1. The molecule has 0 atom stereocenters. The second-order valence-corrected chi connectivity index (χ2v) is 21.3. The Labute approximate surface area is 454 Å². The maximum atomic E-state index is 2.47. The highest BCUT2D eigenvalue weighted by molar-refractivity contribution is 6.25. The van der Waals surface area contributed by atoms with Crippen molar-refractivity contribution in [1.82, 2.24) is 4.57 Å². The number of para-hydroxylation sites is 2. The lowest BCUT2D eigenvalue weighted by molar-refractivity contribution is 0.660. The molecule has 3 nitrogen and oxygen atoms in total. The number of aromatic nitrogens is 1. The quantitative estimate of drug-likeness (QED) is 0.134. The number of hydrogen-bond donors (Lipinski definition) is 0. The van der Waals surface area contributed by atoms with Crippen molar-refractivity contribution in [2.24, 2.45) is 0 Å². The molecule has 368 valence electrons. The van der Waals surface area contributed by atoms with E-state index in [1.165, 1.54) is 76.5 Å². The summed E-state index contributed by atoms with van der Waals surface area (Å²) in [4.78, 5) is 4.78. The van der Waals surface area contributed by atoms with Gasteiger partial charge in [0.15, 0.2) is 0 Å². The second kappa shape index (κ2) is 18.1. The molecule has 0 bridgehead atoms. The number of anilines is 6. The number of benzene rings is 13. The zero-order valence-corrected chi connectivity index (χ0v) is 43.5. The van der Waals surface area contributed by atoms with Crippen molar-refractivity contribution in [3.63, 3.8) is 0 Å². The second-order valence-electron chi connectivity index (χ2n) is 21.3. The Balaban J connectivity index is 0.888. The molecule has 15 rings (SSSR count). The van der Waals surface area contributed by atoms with Crippen molar-refractivity contribution >= 4 is 88.2 Å². The fourth-order valence-corrected chi connectivity index (χ4v) is 12.8. The first-order chi connectivity index (χ1) is 38.4. The average Bonchev–Trinajstić information content (AvgIpc) is 4.13. The predicted molar refractivity (Wildman–Crippen MR) is 331 cm³/mol. The molecule has 14 aromatic rings. The maximum Gasteiger partial charge on any atom is 0.0542 e. The van der Waals surface area contributed by atoms with E-state index in [-0.39, 0.29) is 5.41 Å². The molecular formula is C75H53N3. The number of hydrogen-bond acceptors (Lipinski definition) is 2. The van der Waals surface area contributed by atoms with Gasteiger partial charge in [0.05, 0.1) is 11.0 Å². The minimum Gasteiger partial charge on any atom is -0.310 e. The third-order valence-electron chi connectivity index (χ3n) is 16.5. The van der Waals surface area contributed by atoms with Crippen LogP contribution in [0, 0.1) is 0 Å². The van der Waals surface area contributed by atoms with Crippen LogP contribution in [0.25, 0.3) is 93.2 Å². The van der Waals surface area contributed by atoms with E-state index in [4.69, 9.17) is 0 Å². The van der Waals surface area contributed by atoms with Gasteiger partial charge in [-0.3, -0.25) is 0 Å². The summed E-state index contributed by atoms with van der Waals surface area (Å²) in [7, 11) is 0. The first-order valence-corrected chi connectivity index (χ1v) is 27.1. The normalized spacial score (nSPS) is 12.6. The third-order valence-corrected chi connectivity index (χ3v) is 16.5. The lowest BCUT2D eigenvalue weighted by Gasteiger charge is -2.28. The van der Waals surface area contributed by atoms with Gasteiger partial charge in [0, 0.05) is 56.0 Å². The molecule has 0 saturated carbocycles. The molecule has 0 fully saturated rings. The predicted octanol–water partition coefficient (Wildman–Crippen LogP) is 20.8. The van der Waals surface area contributed by atoms with Crippen molar-refractivity contribution < 1.29 is 0 Å². The highest BCUT2D eigenvalue weighted by atomic mass is 15.1. The van der Waals surface area contributed by atoms with Gasteiger partial charge in [-0.1, -0.05) is 196 Å². The lowest BCUT2D eigenvalue weighted by Crippen LogP contribution is -2.16. The Bertz CT molecular complexity index is 4580. The van der Waals surface area contributed by atoms with Gasteiger partial charge < -0.3 is 14.4 Å². The van der Waals surface area contributed by atoms with Crippen LogP contribution in [0.3, 0.4) is 0 Å². The topological polar surface area (TPSA) is 11.4 Å². The fourth-order valence-electron chi connectivity index (χ4n) is 12.8. The van der Waals surface area contributed by atoms with Crippen LogP contribution in [0.4, 0.5) is 34.1 Å². The fraction of sp³-hybridized carbons (Fsp3) is 0.0400. The summed E-state index contributed by atoms with van der Waals surface area (Å²) in [5.74, 6) is 0. The van der Waals surface area contributed by atoms with Crippen LogP contribution in [-0.4, -0.2) is 4.57 Å². The SMILES string of the molecule is CC1(C)c2ccccc2-c2ccc(N(c3ccccc3)c3ccc(-c4ccc5c(c4)c4cc(N(c6ccccc6)c6ccc(-c7ccccc7)cc6)ccc4n5-c4ccc5c6ccccc6c6ccccc6c5c4)cc3)cc21. The highest BCUT2D eigenvalue weighted by Crippen LogP contribution is 2.51. The summed E-state index contributed by atoms with van der Waals surface area (Å²) in [6, 6.07) is 105. The van der Waals surface area contributed by atoms with Crippen LogP contribution in [0.2, 0.25) is 0 Å². The van der Waals surface area contributed by atoms with Crippen molar-refractivity contribution in [3.8, 4) is 39.1 Å². The van der Waals surface area contributed by atoms with Crippen LogP contribution < -0.4 is 9.80 Å². The molecule has 13 aromatic carbocycles. The number of rotatable bonds is 9. The molecule has 1 aliphatic carbocycles. The Kier molecular flexibility index (Phi) is 10.6. The summed E-state index contributed by atoms with van der Waals surface area (Å²) in [5, 5.41) is 9.96. The van der Waals surface area contributed by atoms with Gasteiger partial charge in [-0.05, 0) is 180 Å². The van der Waals surface area contributed by atoms with Crippen molar-refractivity contribution in [1.29, 1.82) is 0 Å². The van der Waals surface area contributed by atoms with Crippen molar-refractivity contribution in [2.75, 3.05) is 9.80 Å². The molecule has 78 heavy (non-hydrogen) atoms. The van der Waals surface area contributed by atoms with E-state index in [0.29, 0.717) is 0 Å². The average molecular weight is 996 g/mol. The van der Waals surface area contributed by atoms with Crippen LogP contribution in [-0.2, 0) is 5.41 Å². The Morgan fingerprint density at radius 3 is 1.28 bits per heavy atom. The molecule has 0 unspecified atom stereocenters. The van der Waals surface area contributed by atoms with Gasteiger partial charge >= 0.3 is 0 Å². The van der Waals surface area contributed by atoms with Gasteiger partial charge in [0.2, 0.25) is 0 Å². The Hall–Kier alpha value is -9.96. The molecule has 0 N–H and O–H groups in total. The van der Waals surface area contributed by atoms with E-state index >= 15 is 0 Å².